The Labute approximate surface area is 207 Å². The fraction of sp³-hybridized carbons (Fsp3) is 0.444. The lowest BCUT2D eigenvalue weighted by Gasteiger charge is -2.50. The number of alkyl halides is 3. The van der Waals surface area contributed by atoms with Crippen LogP contribution in [0.1, 0.15) is 45.9 Å². The van der Waals surface area contributed by atoms with Gasteiger partial charge >= 0.3 is 12.1 Å². The van der Waals surface area contributed by atoms with Gasteiger partial charge in [0.05, 0.1) is 18.6 Å². The van der Waals surface area contributed by atoms with E-state index in [2.05, 4.69) is 9.88 Å². The van der Waals surface area contributed by atoms with Crippen LogP contribution in [0, 0.1) is 12.8 Å². The molecular formula is C27H30F3N3O3. The summed E-state index contributed by atoms with van der Waals surface area (Å²) < 4.78 is 45.0. The molecule has 36 heavy (non-hydrogen) atoms. The van der Waals surface area contributed by atoms with Crippen LogP contribution in [0.2, 0.25) is 0 Å². The van der Waals surface area contributed by atoms with Crippen molar-refractivity contribution in [2.45, 2.75) is 44.6 Å². The summed E-state index contributed by atoms with van der Waals surface area (Å²) in [4.78, 5) is 19.0. The average Bonchev–Trinajstić information content (AvgIpc) is 3.30. The molecule has 3 heterocycles. The second-order valence-electron chi connectivity index (χ2n) is 9.92. The Hall–Kier alpha value is -3.04. The maximum Gasteiger partial charge on any atom is 0.394 e. The van der Waals surface area contributed by atoms with Crippen LogP contribution in [0.4, 0.5) is 13.2 Å². The molecule has 2 atom stereocenters. The van der Waals surface area contributed by atoms with Crippen molar-refractivity contribution in [2.75, 3.05) is 26.7 Å². The lowest BCUT2D eigenvalue weighted by Crippen LogP contribution is -2.59. The van der Waals surface area contributed by atoms with Gasteiger partial charge in [0, 0.05) is 60.9 Å². The molecule has 2 saturated heterocycles. The van der Waals surface area contributed by atoms with Crippen molar-refractivity contribution in [1.82, 2.24) is 14.8 Å². The number of rotatable bonds is 6. The van der Waals surface area contributed by atoms with E-state index in [9.17, 15) is 23.1 Å². The molecule has 5 rings (SSSR count). The van der Waals surface area contributed by atoms with Gasteiger partial charge in [0.2, 0.25) is 0 Å². The molecule has 0 unspecified atom stereocenters. The van der Waals surface area contributed by atoms with Gasteiger partial charge in [-0.3, -0.25) is 9.80 Å². The number of halogens is 3. The summed E-state index contributed by atoms with van der Waals surface area (Å²) in [5, 5.41) is 10.4. The fourth-order valence-corrected chi connectivity index (χ4v) is 5.71. The van der Waals surface area contributed by atoms with E-state index in [0.29, 0.717) is 19.5 Å². The van der Waals surface area contributed by atoms with Gasteiger partial charge in [-0.2, -0.15) is 13.2 Å². The predicted octanol–water partition coefficient (Wildman–Crippen LogP) is 5.38. The van der Waals surface area contributed by atoms with Crippen molar-refractivity contribution in [1.29, 1.82) is 0 Å². The Morgan fingerprint density at radius 2 is 1.92 bits per heavy atom. The van der Waals surface area contributed by atoms with Crippen molar-refractivity contribution >= 4 is 16.9 Å². The summed E-state index contributed by atoms with van der Waals surface area (Å²) in [5.41, 5.74) is 4.39. The van der Waals surface area contributed by atoms with Gasteiger partial charge in [-0.15, -0.1) is 0 Å². The molecule has 9 heteroatoms. The number of methoxy groups -OCH3 is 1. The largest absolute Gasteiger partial charge is 0.496 e. The van der Waals surface area contributed by atoms with Crippen molar-refractivity contribution in [3.8, 4) is 5.75 Å². The maximum atomic E-state index is 13.1. The zero-order valence-corrected chi connectivity index (χ0v) is 20.3. The van der Waals surface area contributed by atoms with E-state index in [-0.39, 0.29) is 30.7 Å². The smallest absolute Gasteiger partial charge is 0.394 e. The summed E-state index contributed by atoms with van der Waals surface area (Å²) in [5.74, 6) is -1.43. The van der Waals surface area contributed by atoms with Crippen LogP contribution in [0.5, 0.6) is 5.75 Å². The first-order valence-electron chi connectivity index (χ1n) is 12.2. The van der Waals surface area contributed by atoms with Gasteiger partial charge in [0.25, 0.3) is 0 Å². The number of aromatic amines is 1. The monoisotopic (exact) mass is 501 g/mol. The summed E-state index contributed by atoms with van der Waals surface area (Å²) in [6.07, 6.45) is -0.775. The Bertz CT molecular complexity index is 1250. The number of likely N-dealkylation sites (tertiary alicyclic amines) is 2. The lowest BCUT2D eigenvalue weighted by molar-refractivity contribution is -0.216. The van der Waals surface area contributed by atoms with Gasteiger partial charge in [0.15, 0.2) is 0 Å². The third-order valence-electron chi connectivity index (χ3n) is 7.81. The van der Waals surface area contributed by atoms with E-state index >= 15 is 0 Å². The van der Waals surface area contributed by atoms with E-state index in [4.69, 9.17) is 4.74 Å². The molecule has 2 fully saturated rings. The highest BCUT2D eigenvalue weighted by Gasteiger charge is 2.49. The van der Waals surface area contributed by atoms with Crippen molar-refractivity contribution in [2.24, 2.45) is 5.92 Å². The van der Waals surface area contributed by atoms with Crippen molar-refractivity contribution in [3.63, 3.8) is 0 Å². The van der Waals surface area contributed by atoms with E-state index in [0.717, 1.165) is 39.8 Å². The standard InChI is InChI=1S/C27H30F3N3O3/c1-16-11-24(36-2)22(21-7-9-31-25(16)21)15-32-10-8-20(33-13-19(14-33)27(28,29)30)12-23(32)17-3-5-18(6-4-17)26(34)35/h3-7,9,11,19-20,23,31H,8,10,12-15H2,1-2H3,(H,34,35)/t20-,23-/m0/s1. The van der Waals surface area contributed by atoms with Crippen molar-refractivity contribution in [3.05, 3.63) is 64.8 Å². The van der Waals surface area contributed by atoms with Crippen molar-refractivity contribution < 1.29 is 27.8 Å². The zero-order valence-electron chi connectivity index (χ0n) is 20.3. The van der Waals surface area contributed by atoms with E-state index in [1.807, 2.05) is 42.3 Å². The van der Waals surface area contributed by atoms with E-state index in [1.165, 1.54) is 0 Å². The second-order valence-corrected chi connectivity index (χ2v) is 9.92. The molecule has 0 aliphatic carbocycles. The third-order valence-corrected chi connectivity index (χ3v) is 7.81. The number of carboxylic acid groups (broad SMARTS) is 1. The zero-order chi connectivity index (χ0) is 25.6. The quantitative estimate of drug-likeness (QED) is 0.475. The second kappa shape index (κ2) is 9.44. The molecule has 0 bridgehead atoms. The predicted molar refractivity (Wildman–Crippen MR) is 130 cm³/mol. The number of hydrogen-bond donors (Lipinski definition) is 2. The number of aromatic carboxylic acids is 1. The number of fused-ring (bicyclic) bond motifs is 1. The van der Waals surface area contributed by atoms with Crippen LogP contribution in [0.25, 0.3) is 10.9 Å². The fourth-order valence-electron chi connectivity index (χ4n) is 5.71. The Morgan fingerprint density at radius 3 is 2.56 bits per heavy atom. The highest BCUT2D eigenvalue weighted by molar-refractivity contribution is 5.88. The van der Waals surface area contributed by atoms with Crippen LogP contribution in [-0.4, -0.2) is 64.8 Å². The number of hydrogen-bond acceptors (Lipinski definition) is 4. The molecule has 1 aromatic heterocycles. The van der Waals surface area contributed by atoms with Crippen LogP contribution in [-0.2, 0) is 6.54 Å². The molecule has 192 valence electrons. The van der Waals surface area contributed by atoms with Gasteiger partial charge in [0.1, 0.15) is 5.75 Å². The number of carbonyl (C=O) groups is 1. The minimum Gasteiger partial charge on any atom is -0.496 e. The Morgan fingerprint density at radius 1 is 1.19 bits per heavy atom. The number of nitrogens with zero attached hydrogens (tertiary/aromatic N) is 2. The minimum absolute atomic E-state index is 0.0502. The molecular weight excluding hydrogens is 471 g/mol. The molecule has 0 spiro atoms. The van der Waals surface area contributed by atoms with Gasteiger partial charge in [-0.05, 0) is 55.2 Å². The topological polar surface area (TPSA) is 68.8 Å². The number of aromatic nitrogens is 1. The first-order chi connectivity index (χ1) is 17.2. The maximum absolute atomic E-state index is 13.1. The van der Waals surface area contributed by atoms with E-state index in [1.54, 1.807) is 19.2 Å². The summed E-state index contributed by atoms with van der Waals surface area (Å²) in [7, 11) is 1.66. The van der Waals surface area contributed by atoms with Gasteiger partial charge in [-0.1, -0.05) is 12.1 Å². The Kier molecular flexibility index (Phi) is 6.46. The minimum atomic E-state index is -4.15. The molecule has 0 radical (unpaired) electrons. The summed E-state index contributed by atoms with van der Waals surface area (Å²) in [6.45, 7) is 3.46. The van der Waals surface area contributed by atoms with Gasteiger partial charge < -0.3 is 14.8 Å². The first-order valence-corrected chi connectivity index (χ1v) is 12.2. The van der Waals surface area contributed by atoms with Crippen LogP contribution in [0.15, 0.2) is 42.6 Å². The normalized spacial score (nSPS) is 22.0. The molecule has 0 amide bonds. The number of ether oxygens (including phenoxy) is 1. The SMILES string of the molecule is COc1cc(C)c2[nH]ccc2c1CN1CC[C@H](N2CC(C(F)(F)F)C2)C[C@H]1c1ccc(C(=O)O)cc1. The molecule has 0 saturated carbocycles. The lowest BCUT2D eigenvalue weighted by atomic mass is 9.86. The number of piperidine rings is 1. The Balaban J connectivity index is 1.43. The van der Waals surface area contributed by atoms with Crippen LogP contribution < -0.4 is 4.74 Å². The first kappa shape index (κ1) is 24.6. The number of benzene rings is 2. The summed E-state index contributed by atoms with van der Waals surface area (Å²) >= 11 is 0. The summed E-state index contributed by atoms with van der Waals surface area (Å²) in [6, 6.07) is 10.9. The number of carboxylic acids is 1. The van der Waals surface area contributed by atoms with Crippen LogP contribution in [0.3, 0.4) is 0 Å². The van der Waals surface area contributed by atoms with Gasteiger partial charge in [-0.25, -0.2) is 4.79 Å². The molecule has 2 aliphatic rings. The molecule has 2 aliphatic heterocycles. The molecule has 2 N–H and O–H groups in total. The average molecular weight is 502 g/mol. The third kappa shape index (κ3) is 4.57. The highest BCUT2D eigenvalue weighted by Crippen LogP contribution is 2.41. The number of aryl methyl sites for hydroxylation is 1. The number of H-pyrrole nitrogens is 1. The molecule has 6 nitrogen and oxygen atoms in total. The van der Waals surface area contributed by atoms with E-state index < -0.39 is 18.1 Å². The molecule has 2 aromatic carbocycles. The number of nitrogens with one attached hydrogen (secondary N) is 1. The van der Waals surface area contributed by atoms with Crippen LogP contribution >= 0.6 is 0 Å². The highest BCUT2D eigenvalue weighted by atomic mass is 19.4. The molecule has 3 aromatic rings.